The van der Waals surface area contributed by atoms with E-state index in [2.05, 4.69) is 5.10 Å². The highest BCUT2D eigenvalue weighted by molar-refractivity contribution is 6.30. The van der Waals surface area contributed by atoms with E-state index in [0.717, 1.165) is 5.56 Å². The summed E-state index contributed by atoms with van der Waals surface area (Å²) in [6.45, 7) is 2.02. The summed E-state index contributed by atoms with van der Waals surface area (Å²) in [4.78, 5) is 1.79. The zero-order valence-electron chi connectivity index (χ0n) is 8.81. The van der Waals surface area contributed by atoms with Crippen LogP contribution in [0.15, 0.2) is 29.4 Å². The summed E-state index contributed by atoms with van der Waals surface area (Å²) in [5.74, 6) is 5.42. The second kappa shape index (κ2) is 4.89. The molecule has 4 N–H and O–H groups in total. The molecular weight excluding hydrogens is 212 g/mol. The van der Waals surface area contributed by atoms with Crippen LogP contribution in [0.4, 0.5) is 0 Å². The third kappa shape index (κ3) is 2.76. The summed E-state index contributed by atoms with van der Waals surface area (Å²) < 4.78 is 0. The first-order valence-electron chi connectivity index (χ1n) is 4.58. The molecule has 0 saturated carbocycles. The lowest BCUT2D eigenvalue weighted by atomic mass is 10.1. The zero-order chi connectivity index (χ0) is 11.4. The highest BCUT2D eigenvalue weighted by Gasteiger charge is 2.12. The van der Waals surface area contributed by atoms with E-state index in [9.17, 15) is 0 Å². The van der Waals surface area contributed by atoms with E-state index < -0.39 is 0 Å². The Hall–Kier alpha value is -1.42. The first kappa shape index (κ1) is 11.7. The number of hydrogen-bond acceptors (Lipinski definition) is 2. The molecule has 0 saturated heterocycles. The highest BCUT2D eigenvalue weighted by atomic mass is 35.5. The molecule has 0 aliphatic carbocycles. The molecule has 4 nitrogen and oxygen atoms in total. The second-order valence-electron chi connectivity index (χ2n) is 3.33. The molecule has 82 valence electrons. The van der Waals surface area contributed by atoms with Crippen molar-refractivity contribution in [3.63, 3.8) is 0 Å². The average molecular weight is 227 g/mol. The third-order valence-electron chi connectivity index (χ3n) is 2.43. The van der Waals surface area contributed by atoms with Gasteiger partial charge in [0.1, 0.15) is 0 Å². The molecule has 0 aliphatic heterocycles. The highest BCUT2D eigenvalue weighted by Crippen LogP contribution is 2.20. The molecular formula is C10H15ClN4. The van der Waals surface area contributed by atoms with Crippen molar-refractivity contribution in [2.45, 2.75) is 13.0 Å². The van der Waals surface area contributed by atoms with Crippen molar-refractivity contribution in [1.29, 1.82) is 0 Å². The van der Waals surface area contributed by atoms with Crippen molar-refractivity contribution in [3.8, 4) is 0 Å². The molecule has 1 atom stereocenters. The van der Waals surface area contributed by atoms with Gasteiger partial charge in [0.25, 0.3) is 0 Å². The Morgan fingerprint density at radius 2 is 1.93 bits per heavy atom. The standard InChI is InChI=1S/C10H15ClN4/c1-7(15(2)10(12)14-13)8-3-5-9(11)6-4-8/h3-7H,13H2,1-2H3,(H2,12,14). The van der Waals surface area contributed by atoms with Crippen LogP contribution in [-0.2, 0) is 0 Å². The van der Waals surface area contributed by atoms with Crippen molar-refractivity contribution >= 4 is 17.6 Å². The SMILES string of the molecule is CC(c1ccc(Cl)cc1)N(C)C(N)=NN. The first-order chi connectivity index (χ1) is 7.06. The smallest absolute Gasteiger partial charge is 0.213 e. The third-order valence-corrected chi connectivity index (χ3v) is 2.68. The summed E-state index contributed by atoms with van der Waals surface area (Å²) in [5, 5.41) is 4.16. The number of nitrogens with zero attached hydrogens (tertiary/aromatic N) is 2. The van der Waals surface area contributed by atoms with Gasteiger partial charge in [0.05, 0.1) is 6.04 Å². The quantitative estimate of drug-likeness (QED) is 0.348. The van der Waals surface area contributed by atoms with Crippen molar-refractivity contribution in [2.24, 2.45) is 16.7 Å². The van der Waals surface area contributed by atoms with Gasteiger partial charge in [-0.3, -0.25) is 0 Å². The van der Waals surface area contributed by atoms with Crippen LogP contribution >= 0.6 is 11.6 Å². The van der Waals surface area contributed by atoms with Gasteiger partial charge < -0.3 is 16.5 Å². The largest absolute Gasteiger partial charge is 0.368 e. The fraction of sp³-hybridized carbons (Fsp3) is 0.300. The van der Waals surface area contributed by atoms with Gasteiger partial charge in [-0.15, -0.1) is 5.10 Å². The van der Waals surface area contributed by atoms with Gasteiger partial charge in [-0.05, 0) is 24.6 Å². The van der Waals surface area contributed by atoms with Gasteiger partial charge >= 0.3 is 0 Å². The molecule has 5 heteroatoms. The van der Waals surface area contributed by atoms with E-state index in [0.29, 0.717) is 11.0 Å². The average Bonchev–Trinajstić information content (AvgIpc) is 2.27. The topological polar surface area (TPSA) is 67.6 Å². The van der Waals surface area contributed by atoms with Crippen LogP contribution < -0.4 is 11.6 Å². The van der Waals surface area contributed by atoms with Crippen LogP contribution in [-0.4, -0.2) is 17.9 Å². The predicted molar refractivity (Wildman–Crippen MR) is 63.4 cm³/mol. The van der Waals surface area contributed by atoms with Crippen LogP contribution in [0.3, 0.4) is 0 Å². The lowest BCUT2D eigenvalue weighted by Crippen LogP contribution is -2.36. The molecule has 0 fully saturated rings. The maximum atomic E-state index is 5.80. The number of benzene rings is 1. The van der Waals surface area contributed by atoms with E-state index in [1.165, 1.54) is 0 Å². The molecule has 1 aromatic carbocycles. The fourth-order valence-electron chi connectivity index (χ4n) is 1.25. The van der Waals surface area contributed by atoms with E-state index >= 15 is 0 Å². The van der Waals surface area contributed by atoms with Gasteiger partial charge in [0.15, 0.2) is 0 Å². The molecule has 0 spiro atoms. The number of halogens is 1. The van der Waals surface area contributed by atoms with Crippen molar-refractivity contribution < 1.29 is 0 Å². The van der Waals surface area contributed by atoms with Gasteiger partial charge in [-0.1, -0.05) is 23.7 Å². The summed E-state index contributed by atoms with van der Waals surface area (Å²) in [7, 11) is 1.84. The summed E-state index contributed by atoms with van der Waals surface area (Å²) in [6, 6.07) is 7.70. The lowest BCUT2D eigenvalue weighted by Gasteiger charge is -2.25. The molecule has 1 unspecified atom stereocenters. The van der Waals surface area contributed by atoms with Crippen LogP contribution in [0.2, 0.25) is 5.02 Å². The van der Waals surface area contributed by atoms with Crippen LogP contribution in [0.1, 0.15) is 18.5 Å². The number of rotatable bonds is 2. The molecule has 0 aliphatic rings. The summed E-state index contributed by atoms with van der Waals surface area (Å²) in [6.07, 6.45) is 0. The Labute approximate surface area is 94.5 Å². The molecule has 1 aromatic rings. The molecule has 15 heavy (non-hydrogen) atoms. The zero-order valence-corrected chi connectivity index (χ0v) is 9.57. The Kier molecular flexibility index (Phi) is 3.80. The van der Waals surface area contributed by atoms with Crippen molar-refractivity contribution in [2.75, 3.05) is 7.05 Å². The fourth-order valence-corrected chi connectivity index (χ4v) is 1.38. The molecule has 0 aromatic heterocycles. The van der Waals surface area contributed by atoms with E-state index in [1.54, 1.807) is 4.90 Å². The van der Waals surface area contributed by atoms with Gasteiger partial charge in [-0.2, -0.15) is 0 Å². The molecule has 0 radical (unpaired) electrons. The Balaban J connectivity index is 2.85. The van der Waals surface area contributed by atoms with Crippen LogP contribution in [0.5, 0.6) is 0 Å². The van der Waals surface area contributed by atoms with Crippen LogP contribution in [0.25, 0.3) is 0 Å². The lowest BCUT2D eigenvalue weighted by molar-refractivity contribution is 0.397. The second-order valence-corrected chi connectivity index (χ2v) is 3.76. The first-order valence-corrected chi connectivity index (χ1v) is 4.95. The Bertz CT molecular complexity index is 347. The minimum absolute atomic E-state index is 0.106. The van der Waals surface area contributed by atoms with E-state index in [4.69, 9.17) is 23.2 Å². The molecule has 1 rings (SSSR count). The number of hydrazone groups is 1. The summed E-state index contributed by atoms with van der Waals surface area (Å²) in [5.41, 5.74) is 6.71. The van der Waals surface area contributed by atoms with Crippen molar-refractivity contribution in [1.82, 2.24) is 4.90 Å². The minimum atomic E-state index is 0.106. The Morgan fingerprint density at radius 3 is 2.40 bits per heavy atom. The molecule has 0 bridgehead atoms. The Morgan fingerprint density at radius 1 is 1.40 bits per heavy atom. The predicted octanol–water partition coefficient (Wildman–Crippen LogP) is 1.52. The number of hydrogen-bond donors (Lipinski definition) is 2. The van der Waals surface area contributed by atoms with Gasteiger partial charge in [0.2, 0.25) is 5.96 Å². The van der Waals surface area contributed by atoms with Gasteiger partial charge in [0, 0.05) is 12.1 Å². The normalized spacial score (nSPS) is 13.7. The maximum Gasteiger partial charge on any atom is 0.213 e. The van der Waals surface area contributed by atoms with Gasteiger partial charge in [-0.25, -0.2) is 0 Å². The summed E-state index contributed by atoms with van der Waals surface area (Å²) >= 11 is 5.80. The molecule has 0 amide bonds. The minimum Gasteiger partial charge on any atom is -0.368 e. The van der Waals surface area contributed by atoms with E-state index in [-0.39, 0.29) is 6.04 Å². The number of nitrogens with two attached hydrogens (primary N) is 2. The van der Waals surface area contributed by atoms with Crippen molar-refractivity contribution in [3.05, 3.63) is 34.9 Å². The monoisotopic (exact) mass is 226 g/mol. The van der Waals surface area contributed by atoms with E-state index in [1.807, 2.05) is 38.2 Å². The van der Waals surface area contributed by atoms with Crippen LogP contribution in [0, 0.1) is 0 Å². The molecule has 0 heterocycles. The maximum absolute atomic E-state index is 5.80. The number of guanidine groups is 1.